The van der Waals surface area contributed by atoms with E-state index < -0.39 is 0 Å². The molecule has 1 aliphatic heterocycles. The molecule has 3 rings (SSSR count). The van der Waals surface area contributed by atoms with Crippen LogP contribution < -0.4 is 10.1 Å². The number of aromatic nitrogens is 4. The maximum atomic E-state index is 5.13. The van der Waals surface area contributed by atoms with Crippen LogP contribution in [0, 0.1) is 0 Å². The number of benzene rings is 1. The average Bonchev–Trinajstić information content (AvgIpc) is 3.10. The van der Waals surface area contributed by atoms with Crippen molar-refractivity contribution in [1.82, 2.24) is 25.5 Å². The van der Waals surface area contributed by atoms with Crippen molar-refractivity contribution in [1.29, 1.82) is 0 Å². The van der Waals surface area contributed by atoms with E-state index >= 15 is 0 Å². The predicted octanol–water partition coefficient (Wildman–Crippen LogP) is 1.15. The third-order valence-electron chi connectivity index (χ3n) is 3.32. The summed E-state index contributed by atoms with van der Waals surface area (Å²) in [4.78, 5) is 1.64. The van der Waals surface area contributed by atoms with Gasteiger partial charge in [-0.3, -0.25) is 0 Å². The van der Waals surface area contributed by atoms with Gasteiger partial charge in [-0.05, 0) is 42.3 Å². The van der Waals surface area contributed by atoms with Gasteiger partial charge in [-0.15, -0.1) is 10.2 Å². The maximum absolute atomic E-state index is 5.13. The van der Waals surface area contributed by atoms with E-state index in [1.807, 2.05) is 24.3 Å². The number of methoxy groups -OCH3 is 1. The number of rotatable bonds is 4. The second-order valence-electron chi connectivity index (χ2n) is 4.68. The van der Waals surface area contributed by atoms with Crippen LogP contribution >= 0.6 is 0 Å². The summed E-state index contributed by atoms with van der Waals surface area (Å²) in [6.07, 6.45) is 2.27. The van der Waals surface area contributed by atoms with Crippen molar-refractivity contribution in [2.75, 3.05) is 13.7 Å². The zero-order chi connectivity index (χ0) is 13.1. The van der Waals surface area contributed by atoms with Gasteiger partial charge in [0.1, 0.15) is 5.75 Å². The molecule has 1 aromatic carbocycles. The van der Waals surface area contributed by atoms with Crippen molar-refractivity contribution in [3.63, 3.8) is 0 Å². The monoisotopic (exact) mass is 259 g/mol. The normalized spacial score (nSPS) is 18.7. The van der Waals surface area contributed by atoms with Gasteiger partial charge in [-0.2, -0.15) is 4.80 Å². The first-order chi connectivity index (χ1) is 9.35. The molecule has 0 radical (unpaired) electrons. The summed E-state index contributed by atoms with van der Waals surface area (Å²) in [6.45, 7) is 1.67. The molecule has 19 heavy (non-hydrogen) atoms. The van der Waals surface area contributed by atoms with Crippen LogP contribution in [0.1, 0.15) is 30.3 Å². The van der Waals surface area contributed by atoms with Gasteiger partial charge < -0.3 is 10.1 Å². The van der Waals surface area contributed by atoms with Crippen molar-refractivity contribution in [2.45, 2.75) is 25.4 Å². The highest BCUT2D eigenvalue weighted by molar-refractivity contribution is 5.27. The molecule has 0 bridgehead atoms. The zero-order valence-corrected chi connectivity index (χ0v) is 10.9. The highest BCUT2D eigenvalue weighted by atomic mass is 16.5. The molecule has 1 saturated heterocycles. The molecular formula is C13H17N5O. The first kappa shape index (κ1) is 12.1. The minimum absolute atomic E-state index is 0.268. The van der Waals surface area contributed by atoms with Gasteiger partial charge in [-0.25, -0.2) is 0 Å². The number of hydrogen-bond donors (Lipinski definition) is 1. The number of tetrazole rings is 1. The van der Waals surface area contributed by atoms with Gasteiger partial charge in [0.2, 0.25) is 0 Å². The lowest BCUT2D eigenvalue weighted by Crippen LogP contribution is -2.14. The SMILES string of the molecule is COc1ccc(Cn2nnc(C3CCCN3)n2)cc1. The Morgan fingerprint density at radius 3 is 2.89 bits per heavy atom. The van der Waals surface area contributed by atoms with Crippen LogP contribution in [0.3, 0.4) is 0 Å². The van der Waals surface area contributed by atoms with Gasteiger partial charge in [0.25, 0.3) is 0 Å². The summed E-state index contributed by atoms with van der Waals surface area (Å²) in [5.74, 6) is 1.65. The van der Waals surface area contributed by atoms with Gasteiger partial charge in [-0.1, -0.05) is 12.1 Å². The molecule has 1 aliphatic rings. The zero-order valence-electron chi connectivity index (χ0n) is 10.9. The quantitative estimate of drug-likeness (QED) is 0.892. The van der Waals surface area contributed by atoms with Gasteiger partial charge in [0, 0.05) is 0 Å². The van der Waals surface area contributed by atoms with E-state index in [-0.39, 0.29) is 6.04 Å². The van der Waals surface area contributed by atoms with Crippen molar-refractivity contribution >= 4 is 0 Å². The Kier molecular flexibility index (Phi) is 3.41. The summed E-state index contributed by atoms with van der Waals surface area (Å²) in [6, 6.07) is 8.16. The number of hydrogen-bond acceptors (Lipinski definition) is 5. The predicted molar refractivity (Wildman–Crippen MR) is 69.9 cm³/mol. The van der Waals surface area contributed by atoms with Crippen LogP contribution in [-0.4, -0.2) is 33.9 Å². The number of nitrogens with one attached hydrogen (secondary N) is 1. The van der Waals surface area contributed by atoms with Crippen LogP contribution in [0.2, 0.25) is 0 Å². The molecule has 1 fully saturated rings. The van der Waals surface area contributed by atoms with Crippen LogP contribution in [0.15, 0.2) is 24.3 Å². The van der Waals surface area contributed by atoms with Gasteiger partial charge in [0.15, 0.2) is 5.82 Å². The summed E-state index contributed by atoms with van der Waals surface area (Å²) in [5, 5.41) is 16.0. The van der Waals surface area contributed by atoms with E-state index in [1.54, 1.807) is 11.9 Å². The van der Waals surface area contributed by atoms with Crippen LogP contribution in [0.25, 0.3) is 0 Å². The number of nitrogens with zero attached hydrogens (tertiary/aromatic N) is 4. The Morgan fingerprint density at radius 1 is 1.37 bits per heavy atom. The molecule has 0 amide bonds. The minimum Gasteiger partial charge on any atom is -0.497 e. The van der Waals surface area contributed by atoms with Crippen molar-refractivity contribution < 1.29 is 4.74 Å². The second-order valence-corrected chi connectivity index (χ2v) is 4.68. The van der Waals surface area contributed by atoms with E-state index in [0.717, 1.165) is 30.1 Å². The molecule has 2 aromatic rings. The highest BCUT2D eigenvalue weighted by Crippen LogP contribution is 2.18. The molecule has 6 nitrogen and oxygen atoms in total. The molecular weight excluding hydrogens is 242 g/mol. The third-order valence-corrected chi connectivity index (χ3v) is 3.32. The lowest BCUT2D eigenvalue weighted by molar-refractivity contribution is 0.414. The first-order valence-corrected chi connectivity index (χ1v) is 6.49. The Balaban J connectivity index is 1.68. The van der Waals surface area contributed by atoms with E-state index in [9.17, 15) is 0 Å². The standard InChI is InChI=1S/C13H17N5O/c1-19-11-6-4-10(5-7-11)9-18-16-13(15-17-18)12-3-2-8-14-12/h4-7,12,14H,2-3,8-9H2,1H3. The summed E-state index contributed by atoms with van der Waals surface area (Å²) in [7, 11) is 1.66. The fourth-order valence-electron chi connectivity index (χ4n) is 2.26. The third kappa shape index (κ3) is 2.73. The van der Waals surface area contributed by atoms with Crippen LogP contribution in [-0.2, 0) is 6.54 Å². The lowest BCUT2D eigenvalue weighted by Gasteiger charge is -2.03. The lowest BCUT2D eigenvalue weighted by atomic mass is 10.2. The molecule has 0 aliphatic carbocycles. The highest BCUT2D eigenvalue weighted by Gasteiger charge is 2.20. The first-order valence-electron chi connectivity index (χ1n) is 6.49. The molecule has 1 N–H and O–H groups in total. The maximum Gasteiger partial charge on any atom is 0.191 e. The fourth-order valence-corrected chi connectivity index (χ4v) is 2.26. The topological polar surface area (TPSA) is 64.9 Å². The molecule has 0 spiro atoms. The Hall–Kier alpha value is -1.95. The van der Waals surface area contributed by atoms with Gasteiger partial charge >= 0.3 is 0 Å². The van der Waals surface area contributed by atoms with Crippen molar-refractivity contribution in [3.05, 3.63) is 35.7 Å². The van der Waals surface area contributed by atoms with Crippen LogP contribution in [0.5, 0.6) is 5.75 Å². The van der Waals surface area contributed by atoms with Crippen molar-refractivity contribution in [2.24, 2.45) is 0 Å². The largest absolute Gasteiger partial charge is 0.497 e. The molecule has 1 atom stereocenters. The van der Waals surface area contributed by atoms with E-state index in [2.05, 4.69) is 20.7 Å². The number of ether oxygens (including phenoxy) is 1. The molecule has 2 heterocycles. The van der Waals surface area contributed by atoms with E-state index in [4.69, 9.17) is 4.74 Å². The Bertz CT molecular complexity index is 530. The Morgan fingerprint density at radius 2 is 2.21 bits per heavy atom. The summed E-state index contributed by atoms with van der Waals surface area (Å²) in [5.41, 5.74) is 1.13. The molecule has 100 valence electrons. The summed E-state index contributed by atoms with van der Waals surface area (Å²) >= 11 is 0. The summed E-state index contributed by atoms with van der Waals surface area (Å²) < 4.78 is 5.13. The fraction of sp³-hybridized carbons (Fsp3) is 0.462. The van der Waals surface area contributed by atoms with Crippen LogP contribution in [0.4, 0.5) is 0 Å². The van der Waals surface area contributed by atoms with Gasteiger partial charge in [0.05, 0.1) is 19.7 Å². The van der Waals surface area contributed by atoms with Crippen molar-refractivity contribution in [3.8, 4) is 5.75 Å². The second kappa shape index (κ2) is 5.36. The molecule has 6 heteroatoms. The van der Waals surface area contributed by atoms with E-state index in [0.29, 0.717) is 6.54 Å². The smallest absolute Gasteiger partial charge is 0.191 e. The minimum atomic E-state index is 0.268. The molecule has 0 saturated carbocycles. The molecule has 1 unspecified atom stereocenters. The molecule has 1 aromatic heterocycles. The average molecular weight is 259 g/mol. The Labute approximate surface area is 111 Å². The van der Waals surface area contributed by atoms with E-state index in [1.165, 1.54) is 6.42 Å².